The van der Waals surface area contributed by atoms with Gasteiger partial charge < -0.3 is 10.1 Å². The highest BCUT2D eigenvalue weighted by Gasteiger charge is 2.28. The van der Waals surface area contributed by atoms with E-state index >= 15 is 0 Å². The fraction of sp³-hybridized carbons (Fsp3) is 0.0500. The van der Waals surface area contributed by atoms with Gasteiger partial charge in [0.15, 0.2) is 0 Å². The number of para-hydroxylation sites is 1. The highest BCUT2D eigenvalue weighted by molar-refractivity contribution is 7.91. The summed E-state index contributed by atoms with van der Waals surface area (Å²) in [6.07, 6.45) is 0. The molecule has 3 rings (SSSR count). The van der Waals surface area contributed by atoms with Crippen LogP contribution in [0.2, 0.25) is 0 Å². The van der Waals surface area contributed by atoms with Crippen molar-refractivity contribution in [3.63, 3.8) is 0 Å². The maximum absolute atomic E-state index is 13.6. The van der Waals surface area contributed by atoms with Crippen molar-refractivity contribution in [2.24, 2.45) is 0 Å². The number of carbonyl (C=O) groups excluding carboxylic acids is 1. The minimum absolute atomic E-state index is 0.0202. The largest absolute Gasteiger partial charge is 0.419 e. The van der Waals surface area contributed by atoms with Crippen molar-refractivity contribution >= 4 is 21.5 Å². The molecule has 0 aliphatic heterocycles. The van der Waals surface area contributed by atoms with Crippen LogP contribution in [-0.2, 0) is 14.6 Å². The van der Waals surface area contributed by atoms with E-state index in [1.807, 2.05) is 0 Å². The van der Waals surface area contributed by atoms with Gasteiger partial charge in [-0.25, -0.2) is 26.4 Å². The summed E-state index contributed by atoms with van der Waals surface area (Å²) < 4.78 is 96.7. The number of esters is 1. The lowest BCUT2D eigenvalue weighted by Crippen LogP contribution is -2.22. The molecule has 0 fully saturated rings. The first-order chi connectivity index (χ1) is 14.6. The topological polar surface area (TPSA) is 72.5 Å². The standard InChI is InChI=1S/C20H12F5NO4S/c21-15-16(22)18(24)20(19(25)17(15)23)30-14(27)10-26-12-8-4-5-9-13(12)31(28,29)11-6-2-1-3-7-11/h1-9,26H,10H2. The van der Waals surface area contributed by atoms with Crippen LogP contribution in [0, 0.1) is 29.1 Å². The zero-order chi connectivity index (χ0) is 22.8. The number of rotatable bonds is 6. The SMILES string of the molecule is O=C(CNc1ccccc1S(=O)(=O)c1ccccc1)Oc1c(F)c(F)c(F)c(F)c1F. The van der Waals surface area contributed by atoms with Crippen molar-refractivity contribution < 1.29 is 39.9 Å². The molecule has 1 N–H and O–H groups in total. The molecule has 0 heterocycles. The Morgan fingerprint density at radius 1 is 0.774 bits per heavy atom. The van der Waals surface area contributed by atoms with Crippen LogP contribution in [0.25, 0.3) is 0 Å². The van der Waals surface area contributed by atoms with Crippen LogP contribution in [0.5, 0.6) is 5.75 Å². The molecule has 5 nitrogen and oxygen atoms in total. The summed E-state index contributed by atoms with van der Waals surface area (Å²) in [7, 11) is -3.98. The van der Waals surface area contributed by atoms with E-state index in [-0.39, 0.29) is 15.5 Å². The minimum atomic E-state index is -3.98. The normalized spacial score (nSPS) is 11.3. The van der Waals surface area contributed by atoms with Gasteiger partial charge in [-0.15, -0.1) is 0 Å². The number of carbonyl (C=O) groups is 1. The van der Waals surface area contributed by atoms with Gasteiger partial charge in [-0.1, -0.05) is 30.3 Å². The number of benzene rings is 3. The van der Waals surface area contributed by atoms with Gasteiger partial charge in [0, 0.05) is 0 Å². The van der Waals surface area contributed by atoms with Crippen molar-refractivity contribution in [3.05, 3.63) is 83.7 Å². The molecule has 0 spiro atoms. The van der Waals surface area contributed by atoms with Crippen molar-refractivity contribution in [2.45, 2.75) is 9.79 Å². The van der Waals surface area contributed by atoms with E-state index in [0.29, 0.717) is 0 Å². The van der Waals surface area contributed by atoms with Crippen molar-refractivity contribution in [3.8, 4) is 5.75 Å². The predicted octanol–water partition coefficient (Wildman–Crippen LogP) is 4.23. The Morgan fingerprint density at radius 3 is 1.90 bits per heavy atom. The minimum Gasteiger partial charge on any atom is -0.419 e. The third kappa shape index (κ3) is 4.36. The van der Waals surface area contributed by atoms with Crippen LogP contribution >= 0.6 is 0 Å². The number of hydrogen-bond acceptors (Lipinski definition) is 5. The summed E-state index contributed by atoms with van der Waals surface area (Å²) in [4.78, 5) is 11.7. The highest BCUT2D eigenvalue weighted by Crippen LogP contribution is 2.30. The molecule has 0 aromatic heterocycles. The summed E-state index contributed by atoms with van der Waals surface area (Å²) in [5, 5.41) is 2.43. The first-order valence-electron chi connectivity index (χ1n) is 8.49. The van der Waals surface area contributed by atoms with E-state index in [1.165, 1.54) is 48.5 Å². The number of hydrogen-bond donors (Lipinski definition) is 1. The zero-order valence-electron chi connectivity index (χ0n) is 15.3. The Bertz CT molecular complexity index is 1220. The van der Waals surface area contributed by atoms with Crippen LogP contribution in [0.4, 0.5) is 27.6 Å². The number of sulfone groups is 1. The average Bonchev–Trinajstić information content (AvgIpc) is 2.78. The first-order valence-corrected chi connectivity index (χ1v) is 9.98. The monoisotopic (exact) mass is 457 g/mol. The second kappa shape index (κ2) is 8.72. The Labute approximate surface area is 173 Å². The van der Waals surface area contributed by atoms with E-state index < -0.39 is 57.2 Å². The summed E-state index contributed by atoms with van der Waals surface area (Å²) in [5.41, 5.74) is -0.0410. The van der Waals surface area contributed by atoms with Gasteiger partial charge in [-0.05, 0) is 24.3 Å². The second-order valence-corrected chi connectivity index (χ2v) is 7.96. The molecule has 0 unspecified atom stereocenters. The fourth-order valence-electron chi connectivity index (χ4n) is 2.57. The molecule has 0 saturated carbocycles. The van der Waals surface area contributed by atoms with Gasteiger partial charge >= 0.3 is 5.97 Å². The summed E-state index contributed by atoms with van der Waals surface area (Å²) in [5.74, 6) is -14.7. The molecule has 0 amide bonds. The van der Waals surface area contributed by atoms with E-state index in [1.54, 1.807) is 6.07 Å². The Kier molecular flexibility index (Phi) is 6.25. The van der Waals surface area contributed by atoms with E-state index in [9.17, 15) is 35.2 Å². The van der Waals surface area contributed by atoms with Crippen LogP contribution in [0.15, 0.2) is 64.4 Å². The van der Waals surface area contributed by atoms with E-state index in [2.05, 4.69) is 10.1 Å². The van der Waals surface area contributed by atoms with Crippen LogP contribution in [0.1, 0.15) is 0 Å². The maximum Gasteiger partial charge on any atom is 0.330 e. The number of nitrogens with one attached hydrogen (secondary N) is 1. The van der Waals surface area contributed by atoms with E-state index in [4.69, 9.17) is 0 Å². The quantitative estimate of drug-likeness (QED) is 0.197. The molecule has 3 aromatic carbocycles. The van der Waals surface area contributed by atoms with Crippen LogP contribution in [0.3, 0.4) is 0 Å². The highest BCUT2D eigenvalue weighted by atomic mass is 32.2. The van der Waals surface area contributed by atoms with E-state index in [0.717, 1.165) is 0 Å². The summed E-state index contributed by atoms with van der Waals surface area (Å²) >= 11 is 0. The lowest BCUT2D eigenvalue weighted by atomic mass is 10.2. The average molecular weight is 457 g/mol. The number of halogens is 5. The molecule has 0 bridgehead atoms. The summed E-state index contributed by atoms with van der Waals surface area (Å²) in [6.45, 7) is -0.833. The molecular formula is C20H12F5NO4S. The number of ether oxygens (including phenoxy) is 1. The Hall–Kier alpha value is -3.47. The summed E-state index contributed by atoms with van der Waals surface area (Å²) in [6, 6.07) is 12.9. The lowest BCUT2D eigenvalue weighted by molar-refractivity contribution is -0.132. The van der Waals surface area contributed by atoms with Gasteiger partial charge in [-0.3, -0.25) is 0 Å². The van der Waals surface area contributed by atoms with Gasteiger partial charge in [0.05, 0.1) is 15.5 Å². The zero-order valence-corrected chi connectivity index (χ0v) is 16.2. The van der Waals surface area contributed by atoms with Gasteiger partial charge in [0.25, 0.3) is 0 Å². The Morgan fingerprint density at radius 2 is 1.29 bits per heavy atom. The molecular weight excluding hydrogens is 445 g/mol. The molecule has 11 heteroatoms. The van der Waals surface area contributed by atoms with Gasteiger partial charge in [0.2, 0.25) is 44.7 Å². The molecule has 31 heavy (non-hydrogen) atoms. The van der Waals surface area contributed by atoms with Gasteiger partial charge in [0.1, 0.15) is 6.54 Å². The molecule has 0 atom stereocenters. The van der Waals surface area contributed by atoms with Crippen molar-refractivity contribution in [2.75, 3.05) is 11.9 Å². The van der Waals surface area contributed by atoms with Crippen molar-refractivity contribution in [1.82, 2.24) is 0 Å². The second-order valence-electron chi connectivity index (χ2n) is 6.04. The maximum atomic E-state index is 13.6. The van der Waals surface area contributed by atoms with Crippen LogP contribution in [-0.4, -0.2) is 20.9 Å². The predicted molar refractivity (Wildman–Crippen MR) is 98.7 cm³/mol. The molecule has 0 aliphatic carbocycles. The Balaban J connectivity index is 1.82. The van der Waals surface area contributed by atoms with Crippen molar-refractivity contribution in [1.29, 1.82) is 0 Å². The molecule has 0 saturated heterocycles. The third-order valence-electron chi connectivity index (χ3n) is 4.04. The molecule has 3 aromatic rings. The molecule has 0 radical (unpaired) electrons. The first kappa shape index (κ1) is 22.2. The lowest BCUT2D eigenvalue weighted by Gasteiger charge is -2.13. The molecule has 0 aliphatic rings. The number of anilines is 1. The molecule has 162 valence electrons. The van der Waals surface area contributed by atoms with Crippen LogP contribution < -0.4 is 10.1 Å². The fourth-order valence-corrected chi connectivity index (χ4v) is 4.02. The smallest absolute Gasteiger partial charge is 0.330 e. The van der Waals surface area contributed by atoms with Gasteiger partial charge in [-0.2, -0.15) is 8.78 Å². The third-order valence-corrected chi connectivity index (χ3v) is 5.87.